The van der Waals surface area contributed by atoms with Crippen LogP contribution in [0.15, 0.2) is 30.5 Å². The van der Waals surface area contributed by atoms with Gasteiger partial charge in [-0.05, 0) is 25.5 Å². The van der Waals surface area contributed by atoms with Gasteiger partial charge in [-0.25, -0.2) is 0 Å². The van der Waals surface area contributed by atoms with Crippen LogP contribution in [0.25, 0.3) is 10.9 Å². The third kappa shape index (κ3) is 1.97. The fraction of sp³-hybridized carbons (Fsp3) is 0.412. The van der Waals surface area contributed by atoms with Crippen LogP contribution in [-0.2, 0) is 0 Å². The van der Waals surface area contributed by atoms with Crippen molar-refractivity contribution in [3.63, 3.8) is 0 Å². The number of anilines is 1. The van der Waals surface area contributed by atoms with Crippen molar-refractivity contribution in [1.29, 1.82) is 5.26 Å². The molecule has 2 aliphatic rings. The summed E-state index contributed by atoms with van der Waals surface area (Å²) in [7, 11) is 0. The van der Waals surface area contributed by atoms with Crippen LogP contribution in [0.3, 0.4) is 0 Å². The van der Waals surface area contributed by atoms with Gasteiger partial charge in [-0.1, -0.05) is 18.2 Å². The van der Waals surface area contributed by atoms with E-state index in [-0.39, 0.29) is 0 Å². The van der Waals surface area contributed by atoms with E-state index in [4.69, 9.17) is 0 Å². The van der Waals surface area contributed by atoms with Gasteiger partial charge in [-0.15, -0.1) is 0 Å². The lowest BCUT2D eigenvalue weighted by Crippen LogP contribution is -2.29. The number of hydrogen-bond donors (Lipinski definition) is 1. The van der Waals surface area contributed by atoms with Gasteiger partial charge >= 0.3 is 0 Å². The third-order valence-corrected chi connectivity index (χ3v) is 4.95. The minimum atomic E-state index is 0.400. The van der Waals surface area contributed by atoms with E-state index in [2.05, 4.69) is 27.3 Å². The maximum Gasteiger partial charge on any atom is 0.103 e. The molecule has 2 fully saturated rings. The lowest BCUT2D eigenvalue weighted by molar-refractivity contribution is 0.369. The number of rotatable bonds is 1. The molecule has 0 bridgehead atoms. The van der Waals surface area contributed by atoms with Crippen LogP contribution >= 0.6 is 0 Å². The standard InChI is InChI=1S/C17H18N4/c18-9-13-10-20-15-4-2-1-3-14(15)16(13)21-8-6-17(12-21)5-7-19-11-17/h1-4,10,19H,5-8,11-12H2. The monoisotopic (exact) mass is 278 g/mol. The molecule has 21 heavy (non-hydrogen) atoms. The highest BCUT2D eigenvalue weighted by Gasteiger charge is 2.41. The van der Waals surface area contributed by atoms with Gasteiger partial charge in [0, 0.05) is 36.6 Å². The number of nitrogens with zero attached hydrogens (tertiary/aromatic N) is 3. The number of benzene rings is 1. The van der Waals surface area contributed by atoms with Gasteiger partial charge in [0.25, 0.3) is 0 Å². The summed E-state index contributed by atoms with van der Waals surface area (Å²) >= 11 is 0. The summed E-state index contributed by atoms with van der Waals surface area (Å²) < 4.78 is 0. The van der Waals surface area contributed by atoms with Gasteiger partial charge < -0.3 is 10.2 Å². The molecule has 2 aromatic rings. The fourth-order valence-corrected chi connectivity index (χ4v) is 3.82. The largest absolute Gasteiger partial charge is 0.369 e. The average Bonchev–Trinajstić information content (AvgIpc) is 3.16. The minimum Gasteiger partial charge on any atom is -0.369 e. The predicted molar refractivity (Wildman–Crippen MR) is 83.2 cm³/mol. The first-order chi connectivity index (χ1) is 10.3. The van der Waals surface area contributed by atoms with E-state index >= 15 is 0 Å². The van der Waals surface area contributed by atoms with Gasteiger partial charge in [0.05, 0.1) is 16.8 Å². The van der Waals surface area contributed by atoms with Crippen LogP contribution < -0.4 is 10.2 Å². The molecule has 0 saturated carbocycles. The first-order valence-electron chi connectivity index (χ1n) is 7.55. The van der Waals surface area contributed by atoms with E-state index in [0.29, 0.717) is 11.0 Å². The molecule has 3 heterocycles. The van der Waals surface area contributed by atoms with Crippen molar-refractivity contribution in [1.82, 2.24) is 10.3 Å². The first kappa shape index (κ1) is 12.6. The van der Waals surface area contributed by atoms with E-state index in [1.54, 1.807) is 6.20 Å². The van der Waals surface area contributed by atoms with E-state index in [0.717, 1.165) is 42.8 Å². The molecule has 1 aromatic heterocycles. The number of pyridine rings is 1. The molecule has 106 valence electrons. The van der Waals surface area contributed by atoms with Crippen molar-refractivity contribution < 1.29 is 0 Å². The molecule has 4 rings (SSSR count). The Morgan fingerprint density at radius 3 is 3.00 bits per heavy atom. The Bertz CT molecular complexity index is 725. The van der Waals surface area contributed by atoms with Crippen LogP contribution in [-0.4, -0.2) is 31.2 Å². The second-order valence-electron chi connectivity index (χ2n) is 6.25. The number of hydrogen-bond acceptors (Lipinski definition) is 4. The van der Waals surface area contributed by atoms with Crippen LogP contribution in [0.2, 0.25) is 0 Å². The number of nitriles is 1. The normalized spacial score (nSPS) is 24.8. The van der Waals surface area contributed by atoms with Crippen LogP contribution in [0, 0.1) is 16.7 Å². The van der Waals surface area contributed by atoms with Crippen molar-refractivity contribution >= 4 is 16.6 Å². The number of aromatic nitrogens is 1. The topological polar surface area (TPSA) is 52.0 Å². The molecule has 4 nitrogen and oxygen atoms in total. The molecule has 1 atom stereocenters. The van der Waals surface area contributed by atoms with Crippen molar-refractivity contribution in [3.05, 3.63) is 36.0 Å². The highest BCUT2D eigenvalue weighted by atomic mass is 15.2. The second kappa shape index (κ2) is 4.71. The Balaban J connectivity index is 1.81. The maximum absolute atomic E-state index is 9.47. The third-order valence-electron chi connectivity index (χ3n) is 4.95. The summed E-state index contributed by atoms with van der Waals surface area (Å²) in [6.45, 7) is 4.30. The van der Waals surface area contributed by atoms with Gasteiger partial charge in [0.2, 0.25) is 0 Å². The molecule has 0 amide bonds. The predicted octanol–water partition coefficient (Wildman–Crippen LogP) is 2.30. The van der Waals surface area contributed by atoms with E-state index in [1.807, 2.05) is 18.2 Å². The van der Waals surface area contributed by atoms with Gasteiger partial charge in [-0.2, -0.15) is 5.26 Å². The van der Waals surface area contributed by atoms with Crippen molar-refractivity contribution in [2.24, 2.45) is 5.41 Å². The van der Waals surface area contributed by atoms with Gasteiger partial charge in [0.15, 0.2) is 0 Å². The molecule has 1 spiro atoms. The molecule has 0 radical (unpaired) electrons. The number of nitrogens with one attached hydrogen (secondary N) is 1. The van der Waals surface area contributed by atoms with Gasteiger partial charge in [0.1, 0.15) is 6.07 Å². The highest BCUT2D eigenvalue weighted by Crippen LogP contribution is 2.40. The summed E-state index contributed by atoms with van der Waals surface area (Å²) in [5.41, 5.74) is 3.14. The molecule has 2 saturated heterocycles. The molecule has 1 N–H and O–H groups in total. The summed E-state index contributed by atoms with van der Waals surface area (Å²) in [6.07, 6.45) is 4.17. The van der Waals surface area contributed by atoms with Crippen LogP contribution in [0.5, 0.6) is 0 Å². The Morgan fingerprint density at radius 1 is 1.29 bits per heavy atom. The Morgan fingerprint density at radius 2 is 2.19 bits per heavy atom. The highest BCUT2D eigenvalue weighted by molar-refractivity contribution is 5.94. The Hall–Kier alpha value is -2.12. The molecule has 1 aromatic carbocycles. The second-order valence-corrected chi connectivity index (χ2v) is 6.25. The van der Waals surface area contributed by atoms with E-state index in [1.165, 1.54) is 12.8 Å². The average molecular weight is 278 g/mol. The molecular weight excluding hydrogens is 260 g/mol. The smallest absolute Gasteiger partial charge is 0.103 e. The first-order valence-corrected chi connectivity index (χ1v) is 7.55. The zero-order chi connectivity index (χ0) is 14.3. The Kier molecular flexibility index (Phi) is 2.83. The number of fused-ring (bicyclic) bond motifs is 1. The van der Waals surface area contributed by atoms with Crippen molar-refractivity contribution in [3.8, 4) is 6.07 Å². The molecule has 1 unspecified atom stereocenters. The quantitative estimate of drug-likeness (QED) is 0.869. The zero-order valence-corrected chi connectivity index (χ0v) is 12.0. The summed E-state index contributed by atoms with van der Waals surface area (Å²) in [4.78, 5) is 6.81. The van der Waals surface area contributed by atoms with Gasteiger partial charge in [-0.3, -0.25) is 4.98 Å². The Labute approximate surface area is 124 Å². The lowest BCUT2D eigenvalue weighted by Gasteiger charge is -2.25. The van der Waals surface area contributed by atoms with E-state index < -0.39 is 0 Å². The minimum absolute atomic E-state index is 0.400. The summed E-state index contributed by atoms with van der Waals surface area (Å²) in [5.74, 6) is 0. The molecule has 0 aliphatic carbocycles. The van der Waals surface area contributed by atoms with E-state index in [9.17, 15) is 5.26 Å². The zero-order valence-electron chi connectivity index (χ0n) is 12.0. The molecular formula is C17H18N4. The van der Waals surface area contributed by atoms with Crippen molar-refractivity contribution in [2.75, 3.05) is 31.1 Å². The van der Waals surface area contributed by atoms with Crippen LogP contribution in [0.4, 0.5) is 5.69 Å². The number of para-hydroxylation sites is 1. The van der Waals surface area contributed by atoms with Crippen molar-refractivity contribution in [2.45, 2.75) is 12.8 Å². The van der Waals surface area contributed by atoms with Crippen LogP contribution in [0.1, 0.15) is 18.4 Å². The lowest BCUT2D eigenvalue weighted by atomic mass is 9.86. The molecule has 2 aliphatic heterocycles. The summed E-state index contributed by atoms with van der Waals surface area (Å²) in [6, 6.07) is 10.4. The fourth-order valence-electron chi connectivity index (χ4n) is 3.82. The molecule has 4 heteroatoms. The maximum atomic E-state index is 9.47. The summed E-state index contributed by atoms with van der Waals surface area (Å²) in [5, 5.41) is 14.1. The SMILES string of the molecule is N#Cc1cnc2ccccc2c1N1CCC2(CCNC2)C1.